The van der Waals surface area contributed by atoms with Crippen molar-refractivity contribution in [3.05, 3.63) is 81.8 Å². The number of nitrogens with two attached hydrogens (primary N) is 1. The molecule has 3 N–H and O–H groups in total. The highest BCUT2D eigenvalue weighted by molar-refractivity contribution is 7.17. The predicted octanol–water partition coefficient (Wildman–Crippen LogP) is 5.39. The zero-order valence-corrected chi connectivity index (χ0v) is 17.2. The van der Waals surface area contributed by atoms with E-state index in [1.165, 1.54) is 17.5 Å². The van der Waals surface area contributed by atoms with Crippen LogP contribution < -0.4 is 15.2 Å². The Kier molecular flexibility index (Phi) is 5.74. The van der Waals surface area contributed by atoms with E-state index in [1.54, 1.807) is 12.1 Å². The molecule has 0 unspecified atom stereocenters. The van der Waals surface area contributed by atoms with Crippen molar-refractivity contribution >= 4 is 44.8 Å². The summed E-state index contributed by atoms with van der Waals surface area (Å²) in [7, 11) is 0. The van der Waals surface area contributed by atoms with E-state index < -0.39 is 5.97 Å². The maximum atomic E-state index is 11.4. The molecule has 2 aromatic heterocycles. The van der Waals surface area contributed by atoms with E-state index >= 15 is 0 Å². The van der Waals surface area contributed by atoms with E-state index in [2.05, 4.69) is 4.98 Å². The van der Waals surface area contributed by atoms with Crippen LogP contribution in [-0.2, 0) is 13.2 Å². The number of thiophene rings is 1. The molecule has 2 heterocycles. The molecule has 0 saturated carbocycles. The number of ether oxygens (including phenoxy) is 2. The molecule has 0 fully saturated rings. The molecule has 152 valence electrons. The van der Waals surface area contributed by atoms with Crippen LogP contribution in [0.1, 0.15) is 21.5 Å². The van der Waals surface area contributed by atoms with Gasteiger partial charge in [-0.25, -0.2) is 9.78 Å². The monoisotopic (exact) mass is 440 g/mol. The fourth-order valence-corrected chi connectivity index (χ4v) is 4.16. The third-order valence-electron chi connectivity index (χ3n) is 4.44. The predicted molar refractivity (Wildman–Crippen MR) is 118 cm³/mol. The standard InChI is InChI=1S/C22H17ClN2O4S/c23-15-4-6-16(7-5-15)28-10-13-2-1-3-17(8-13)29-11-14-12-30-20-18(22(26)27)9-25-21(24)19(14)20/h1-9,12H,10-11H2,(H2,24,25)(H,26,27). The van der Waals surface area contributed by atoms with Gasteiger partial charge >= 0.3 is 5.97 Å². The van der Waals surface area contributed by atoms with Crippen molar-refractivity contribution in [3.8, 4) is 11.5 Å². The highest BCUT2D eigenvalue weighted by atomic mass is 35.5. The number of nitrogens with zero attached hydrogens (tertiary/aromatic N) is 1. The van der Waals surface area contributed by atoms with E-state index in [0.717, 1.165) is 16.9 Å². The summed E-state index contributed by atoms with van der Waals surface area (Å²) in [5, 5.41) is 12.5. The summed E-state index contributed by atoms with van der Waals surface area (Å²) < 4.78 is 12.3. The number of pyridine rings is 1. The van der Waals surface area contributed by atoms with Crippen molar-refractivity contribution in [2.45, 2.75) is 13.2 Å². The molecule has 0 spiro atoms. The first-order valence-electron chi connectivity index (χ1n) is 8.99. The zero-order valence-electron chi connectivity index (χ0n) is 15.7. The van der Waals surface area contributed by atoms with E-state index in [1.807, 2.05) is 41.8 Å². The van der Waals surface area contributed by atoms with Gasteiger partial charge in [0.05, 0.1) is 10.3 Å². The van der Waals surface area contributed by atoms with Gasteiger partial charge in [0, 0.05) is 22.2 Å². The number of fused-ring (bicyclic) bond motifs is 1. The summed E-state index contributed by atoms with van der Waals surface area (Å²) in [6.07, 6.45) is 1.28. The van der Waals surface area contributed by atoms with Gasteiger partial charge in [-0.3, -0.25) is 0 Å². The first kappa shape index (κ1) is 20.0. The maximum Gasteiger partial charge on any atom is 0.338 e. The van der Waals surface area contributed by atoms with Gasteiger partial charge in [0.1, 0.15) is 30.5 Å². The Hall–Kier alpha value is -3.29. The molecule has 30 heavy (non-hydrogen) atoms. The summed E-state index contributed by atoms with van der Waals surface area (Å²) in [5.74, 6) is 0.662. The van der Waals surface area contributed by atoms with Crippen LogP contribution in [-0.4, -0.2) is 16.1 Å². The number of carboxylic acids is 1. The second kappa shape index (κ2) is 8.61. The van der Waals surface area contributed by atoms with Gasteiger partial charge in [-0.2, -0.15) is 0 Å². The third kappa shape index (κ3) is 4.32. The molecule has 4 aromatic rings. The summed E-state index contributed by atoms with van der Waals surface area (Å²) in [5.41, 5.74) is 7.87. The number of nitrogen functional groups attached to an aromatic ring is 1. The summed E-state index contributed by atoms with van der Waals surface area (Å²) in [6, 6.07) is 14.8. The fourth-order valence-electron chi connectivity index (χ4n) is 2.97. The average Bonchev–Trinajstić information content (AvgIpc) is 3.17. The first-order chi connectivity index (χ1) is 14.5. The van der Waals surface area contributed by atoms with E-state index in [0.29, 0.717) is 33.3 Å². The van der Waals surface area contributed by atoms with Crippen molar-refractivity contribution in [1.82, 2.24) is 4.98 Å². The van der Waals surface area contributed by atoms with Crippen molar-refractivity contribution < 1.29 is 19.4 Å². The van der Waals surface area contributed by atoms with Crippen LogP contribution in [0.4, 0.5) is 5.82 Å². The quantitative estimate of drug-likeness (QED) is 0.400. The molecule has 0 aliphatic rings. The number of halogens is 1. The number of hydrogen-bond donors (Lipinski definition) is 2. The molecule has 0 bridgehead atoms. The lowest BCUT2D eigenvalue weighted by Crippen LogP contribution is -2.02. The molecule has 0 atom stereocenters. The van der Waals surface area contributed by atoms with Crippen LogP contribution in [0.2, 0.25) is 5.02 Å². The minimum atomic E-state index is -1.03. The molecule has 0 aliphatic carbocycles. The molecule has 2 aromatic carbocycles. The summed E-state index contributed by atoms with van der Waals surface area (Å²) in [4.78, 5) is 15.4. The Morgan fingerprint density at radius 3 is 2.63 bits per heavy atom. The second-order valence-electron chi connectivity index (χ2n) is 6.51. The lowest BCUT2D eigenvalue weighted by molar-refractivity contribution is 0.0699. The molecule has 0 aliphatic heterocycles. The number of rotatable bonds is 7. The van der Waals surface area contributed by atoms with Crippen LogP contribution in [0, 0.1) is 0 Å². The maximum absolute atomic E-state index is 11.4. The third-order valence-corrected chi connectivity index (χ3v) is 5.76. The van der Waals surface area contributed by atoms with Gasteiger partial charge in [0.25, 0.3) is 0 Å². The molecule has 0 amide bonds. The largest absolute Gasteiger partial charge is 0.489 e. The van der Waals surface area contributed by atoms with Crippen molar-refractivity contribution in [3.63, 3.8) is 0 Å². The lowest BCUT2D eigenvalue weighted by atomic mass is 10.1. The molecule has 0 saturated heterocycles. The van der Waals surface area contributed by atoms with E-state index in [9.17, 15) is 9.90 Å². The Balaban J connectivity index is 1.47. The van der Waals surface area contributed by atoms with Crippen LogP contribution >= 0.6 is 22.9 Å². The van der Waals surface area contributed by atoms with Gasteiger partial charge in [-0.15, -0.1) is 11.3 Å². The number of aromatic nitrogens is 1. The topological polar surface area (TPSA) is 94.7 Å². The van der Waals surface area contributed by atoms with Crippen LogP contribution in [0.15, 0.2) is 60.1 Å². The number of hydrogen-bond acceptors (Lipinski definition) is 6. The van der Waals surface area contributed by atoms with Crippen LogP contribution in [0.5, 0.6) is 11.5 Å². The number of aromatic carboxylic acids is 1. The Morgan fingerprint density at radius 1 is 1.10 bits per heavy atom. The lowest BCUT2D eigenvalue weighted by Gasteiger charge is -2.10. The zero-order chi connectivity index (χ0) is 21.1. The number of anilines is 1. The summed E-state index contributed by atoms with van der Waals surface area (Å²) >= 11 is 7.20. The van der Waals surface area contributed by atoms with Crippen LogP contribution in [0.25, 0.3) is 10.1 Å². The van der Waals surface area contributed by atoms with Crippen LogP contribution in [0.3, 0.4) is 0 Å². The molecule has 4 rings (SSSR count). The van der Waals surface area contributed by atoms with Gasteiger partial charge in [-0.1, -0.05) is 23.7 Å². The van der Waals surface area contributed by atoms with E-state index in [-0.39, 0.29) is 12.2 Å². The Morgan fingerprint density at radius 2 is 1.87 bits per heavy atom. The highest BCUT2D eigenvalue weighted by Gasteiger charge is 2.17. The average molecular weight is 441 g/mol. The second-order valence-corrected chi connectivity index (χ2v) is 7.82. The van der Waals surface area contributed by atoms with Gasteiger partial charge in [0.15, 0.2) is 0 Å². The van der Waals surface area contributed by atoms with Crippen molar-refractivity contribution in [2.24, 2.45) is 0 Å². The minimum Gasteiger partial charge on any atom is -0.489 e. The molecule has 8 heteroatoms. The van der Waals surface area contributed by atoms with E-state index in [4.69, 9.17) is 26.8 Å². The molecule has 6 nitrogen and oxygen atoms in total. The Labute approximate surface area is 181 Å². The number of carboxylic acid groups (broad SMARTS) is 1. The van der Waals surface area contributed by atoms with Crippen molar-refractivity contribution in [2.75, 3.05) is 5.73 Å². The fraction of sp³-hybridized carbons (Fsp3) is 0.0909. The molecule has 0 radical (unpaired) electrons. The summed E-state index contributed by atoms with van der Waals surface area (Å²) in [6.45, 7) is 0.634. The molecular formula is C22H17ClN2O4S. The van der Waals surface area contributed by atoms with Gasteiger partial charge in [0.2, 0.25) is 0 Å². The normalized spacial score (nSPS) is 10.8. The van der Waals surface area contributed by atoms with Crippen molar-refractivity contribution in [1.29, 1.82) is 0 Å². The Bertz CT molecular complexity index is 1210. The van der Waals surface area contributed by atoms with Gasteiger partial charge in [-0.05, 0) is 47.3 Å². The number of carbonyl (C=O) groups is 1. The van der Waals surface area contributed by atoms with Gasteiger partial charge < -0.3 is 20.3 Å². The first-order valence-corrected chi connectivity index (χ1v) is 10.2. The molecular weight excluding hydrogens is 424 g/mol. The minimum absolute atomic E-state index is 0.136. The highest BCUT2D eigenvalue weighted by Crippen LogP contribution is 2.33. The SMILES string of the molecule is Nc1ncc(C(=O)O)c2scc(COc3cccc(COc4ccc(Cl)cc4)c3)c12. The number of benzene rings is 2. The smallest absolute Gasteiger partial charge is 0.338 e.